The number of carbonyl (C=O) groups is 1. The maximum Gasteiger partial charge on any atom is 0.333 e. The molecule has 0 bridgehead atoms. The first-order valence-corrected chi connectivity index (χ1v) is 14.6. The minimum absolute atomic E-state index is 0.0237. The number of carbonyl (C=O) groups excluding carboxylic acids is 1. The molecule has 1 saturated carbocycles. The van der Waals surface area contributed by atoms with Crippen LogP contribution in [0.5, 0.6) is 0 Å². The van der Waals surface area contributed by atoms with Crippen LogP contribution in [0, 0.1) is 11.8 Å². The van der Waals surface area contributed by atoms with Crippen LogP contribution in [0.1, 0.15) is 57.1 Å². The van der Waals surface area contributed by atoms with E-state index in [1.54, 1.807) is 0 Å². The average Bonchev–Trinajstić information content (AvgIpc) is 3.50. The highest BCUT2D eigenvalue weighted by Crippen LogP contribution is 2.34. The molecule has 0 aliphatic heterocycles. The predicted molar refractivity (Wildman–Crippen MR) is 148 cm³/mol. The normalized spacial score (nSPS) is 19.1. The highest BCUT2D eigenvalue weighted by atomic mass is 32.2. The van der Waals surface area contributed by atoms with E-state index in [4.69, 9.17) is 13.7 Å². The van der Waals surface area contributed by atoms with E-state index >= 15 is 0 Å². The smallest absolute Gasteiger partial charge is 0.333 e. The number of aliphatic hydroxyl groups excluding tert-OH is 1. The number of rotatable bonds is 11. The Morgan fingerprint density at radius 2 is 1.70 bits per heavy atom. The molecule has 1 aliphatic carbocycles. The van der Waals surface area contributed by atoms with E-state index in [-0.39, 0.29) is 30.0 Å². The van der Waals surface area contributed by atoms with Gasteiger partial charge in [0.1, 0.15) is 12.1 Å². The largest absolute Gasteiger partial charge is 0.457 e. The summed E-state index contributed by atoms with van der Waals surface area (Å²) in [6.45, 7) is -0.188. The molecule has 0 unspecified atom stereocenters. The minimum atomic E-state index is -4.09. The number of hydrogen-bond donors (Lipinski definition) is 2. The van der Waals surface area contributed by atoms with Gasteiger partial charge in [-0.2, -0.15) is 8.42 Å². The van der Waals surface area contributed by atoms with Crippen LogP contribution in [-0.2, 0) is 33.7 Å². The molecule has 5 rings (SSSR count). The van der Waals surface area contributed by atoms with Crippen molar-refractivity contribution in [1.82, 2.24) is 9.97 Å². The third-order valence-corrected chi connectivity index (χ3v) is 7.75. The van der Waals surface area contributed by atoms with Gasteiger partial charge in [-0.1, -0.05) is 60.7 Å². The Balaban J connectivity index is 1.37. The number of benzene rings is 2. The van der Waals surface area contributed by atoms with Crippen molar-refractivity contribution in [3.8, 4) is 0 Å². The molecule has 2 heterocycles. The van der Waals surface area contributed by atoms with Crippen LogP contribution in [0.15, 0.2) is 83.7 Å². The molecule has 10 heteroatoms. The molecule has 2 aromatic carbocycles. The monoisotopic (exact) mass is 561 g/mol. The third-order valence-electron chi connectivity index (χ3n) is 7.29. The van der Waals surface area contributed by atoms with Gasteiger partial charge in [0.25, 0.3) is 0 Å². The summed E-state index contributed by atoms with van der Waals surface area (Å²) in [7, 11) is -4.09. The Bertz CT molecular complexity index is 1500. The zero-order chi connectivity index (χ0) is 28.1. The number of aliphatic hydroxyl groups is 1. The number of ketones is 1. The lowest BCUT2D eigenvalue weighted by molar-refractivity contribution is 0.100. The van der Waals surface area contributed by atoms with E-state index in [1.165, 1.54) is 12.5 Å². The number of furan rings is 1. The molecule has 1 fully saturated rings. The molecule has 3 N–H and O–H groups in total. The summed E-state index contributed by atoms with van der Waals surface area (Å²) < 4.78 is 33.2. The fourth-order valence-electron chi connectivity index (χ4n) is 5.33. The fraction of sp³-hybridized carbons (Fsp3) is 0.300. The summed E-state index contributed by atoms with van der Waals surface area (Å²) in [6.07, 6.45) is 4.68. The topological polar surface area (TPSA) is 146 Å². The van der Waals surface area contributed by atoms with E-state index in [1.807, 2.05) is 66.7 Å². The molecule has 208 valence electrons. The molecule has 4 aromatic rings. The zero-order valence-electron chi connectivity index (χ0n) is 21.8. The Morgan fingerprint density at radius 3 is 2.38 bits per heavy atom. The van der Waals surface area contributed by atoms with Crippen LogP contribution in [-0.4, -0.2) is 42.0 Å². The Kier molecular flexibility index (Phi) is 8.51. The van der Waals surface area contributed by atoms with Crippen LogP contribution in [0.4, 0.5) is 0 Å². The van der Waals surface area contributed by atoms with E-state index in [0.29, 0.717) is 43.4 Å². The van der Waals surface area contributed by atoms with E-state index in [0.717, 1.165) is 22.5 Å². The van der Waals surface area contributed by atoms with E-state index < -0.39 is 16.4 Å². The average molecular weight is 562 g/mol. The van der Waals surface area contributed by atoms with E-state index in [2.05, 4.69) is 9.97 Å². The predicted octanol–water partition coefficient (Wildman–Crippen LogP) is 3.63. The van der Waals surface area contributed by atoms with Crippen LogP contribution >= 0.6 is 0 Å². The van der Waals surface area contributed by atoms with Crippen LogP contribution in [0.3, 0.4) is 0 Å². The molecule has 40 heavy (non-hydrogen) atoms. The summed E-state index contributed by atoms with van der Waals surface area (Å²) in [6, 6.07) is 21.8. The van der Waals surface area contributed by atoms with E-state index in [9.17, 15) is 18.3 Å². The van der Waals surface area contributed by atoms with Gasteiger partial charge in [-0.15, -0.1) is 0 Å². The van der Waals surface area contributed by atoms with Crippen molar-refractivity contribution in [2.24, 2.45) is 17.0 Å². The molecule has 9 nitrogen and oxygen atoms in total. The van der Waals surface area contributed by atoms with Crippen LogP contribution in [0.2, 0.25) is 0 Å². The van der Waals surface area contributed by atoms with Gasteiger partial charge in [0, 0.05) is 25.0 Å². The van der Waals surface area contributed by atoms with Crippen LogP contribution in [0.25, 0.3) is 0 Å². The number of nitrogens with two attached hydrogens (primary N) is 1. The first-order chi connectivity index (χ1) is 19.2. The van der Waals surface area contributed by atoms with Crippen LogP contribution < -0.4 is 5.14 Å². The quantitative estimate of drug-likeness (QED) is 0.264. The SMILES string of the molecule is NS(=O)(=O)OC[C@H]1C[C@@H](Cc2ncncc2C(=O)c2cc(Cc3ccccc3)c(Cc3ccccc3)o2)C[C@@H]1O. The Morgan fingerprint density at radius 1 is 1.02 bits per heavy atom. The van der Waals surface area contributed by atoms with Crippen molar-refractivity contribution in [3.05, 3.63) is 119 Å². The zero-order valence-corrected chi connectivity index (χ0v) is 22.7. The minimum Gasteiger partial charge on any atom is -0.457 e. The van der Waals surface area contributed by atoms with Gasteiger partial charge in [-0.25, -0.2) is 15.1 Å². The van der Waals surface area contributed by atoms with Gasteiger partial charge < -0.3 is 9.52 Å². The van der Waals surface area contributed by atoms with Gasteiger partial charge in [-0.05, 0) is 47.9 Å². The lowest BCUT2D eigenvalue weighted by Gasteiger charge is -2.13. The molecule has 0 spiro atoms. The molecule has 3 atom stereocenters. The summed E-state index contributed by atoms with van der Waals surface area (Å²) >= 11 is 0. The van der Waals surface area contributed by atoms with Crippen molar-refractivity contribution >= 4 is 16.1 Å². The van der Waals surface area contributed by atoms with Crippen molar-refractivity contribution < 1.29 is 26.9 Å². The summed E-state index contributed by atoms with van der Waals surface area (Å²) in [5, 5.41) is 15.4. The lowest BCUT2D eigenvalue weighted by Crippen LogP contribution is -2.24. The number of aromatic nitrogens is 2. The first kappa shape index (κ1) is 27.9. The van der Waals surface area contributed by atoms with Crippen molar-refractivity contribution in [3.63, 3.8) is 0 Å². The van der Waals surface area contributed by atoms with Gasteiger partial charge in [0.15, 0.2) is 5.76 Å². The Labute approximate surface area is 233 Å². The highest BCUT2D eigenvalue weighted by Gasteiger charge is 2.35. The standard InChI is InChI=1S/C30H31N3O6S/c31-40(36,37)38-18-24-12-22(14-27(24)34)13-26-25(17-32-19-33-26)30(35)29-16-23(11-20-7-3-1-4-8-20)28(39-29)15-21-9-5-2-6-10-21/h1-10,16-17,19,22,24,27,34H,11-15,18H2,(H2,31,36,37)/t22-,24+,27-/m0/s1. The number of hydrogen-bond acceptors (Lipinski definition) is 8. The van der Waals surface area contributed by atoms with Crippen molar-refractivity contribution in [2.45, 2.75) is 38.2 Å². The molecule has 0 radical (unpaired) electrons. The second-order valence-corrected chi connectivity index (χ2v) is 11.5. The molecule has 1 aliphatic rings. The van der Waals surface area contributed by atoms with Crippen molar-refractivity contribution in [1.29, 1.82) is 0 Å². The highest BCUT2D eigenvalue weighted by molar-refractivity contribution is 7.84. The second-order valence-electron chi connectivity index (χ2n) is 10.2. The van der Waals surface area contributed by atoms with Crippen molar-refractivity contribution in [2.75, 3.05) is 6.61 Å². The molecule has 2 aromatic heterocycles. The van der Waals surface area contributed by atoms with Gasteiger partial charge >= 0.3 is 10.3 Å². The summed E-state index contributed by atoms with van der Waals surface area (Å²) in [4.78, 5) is 22.2. The lowest BCUT2D eigenvalue weighted by atomic mass is 9.96. The Hall–Kier alpha value is -3.70. The van der Waals surface area contributed by atoms with Gasteiger partial charge in [0.2, 0.25) is 5.78 Å². The van der Waals surface area contributed by atoms with Gasteiger partial charge in [0.05, 0.1) is 24.0 Å². The summed E-state index contributed by atoms with van der Waals surface area (Å²) in [5.41, 5.74) is 4.02. The maximum atomic E-state index is 13.7. The molecular formula is C30H31N3O6S. The number of nitrogens with zero attached hydrogens (tertiary/aromatic N) is 2. The summed E-state index contributed by atoms with van der Waals surface area (Å²) in [5.74, 6) is 0.240. The molecular weight excluding hydrogens is 530 g/mol. The first-order valence-electron chi connectivity index (χ1n) is 13.1. The molecule has 0 saturated heterocycles. The third kappa shape index (κ3) is 7.08. The second kappa shape index (κ2) is 12.2. The fourth-order valence-corrected chi connectivity index (χ4v) is 5.70. The molecule has 0 amide bonds. The maximum absolute atomic E-state index is 13.7. The van der Waals surface area contributed by atoms with Gasteiger partial charge in [-0.3, -0.25) is 8.98 Å².